The fourth-order valence-corrected chi connectivity index (χ4v) is 73.8. The van der Waals surface area contributed by atoms with Crippen LogP contribution in [-0.2, 0) is 18.8 Å². The number of aliphatic hydroxyl groups is 4. The van der Waals surface area contributed by atoms with Gasteiger partial charge in [-0.25, -0.2) is 4.79 Å². The second kappa shape index (κ2) is 14.5. The summed E-state index contributed by atoms with van der Waals surface area (Å²) in [5.74, 6) is -2.49. The number of hydrogen-bond donors (Lipinski definition) is 4. The van der Waals surface area contributed by atoms with Crippen molar-refractivity contribution >= 4 is 92.8 Å². The number of ether oxygens (including phenoxy) is 2. The molecule has 3 aliphatic carbocycles. The topological polar surface area (TPSA) is 143 Å². The number of esters is 1. The number of ketones is 1. The summed E-state index contributed by atoms with van der Waals surface area (Å²) >= 11 is 0. The summed E-state index contributed by atoms with van der Waals surface area (Å²) < 4.78 is 19.1. The van der Waals surface area contributed by atoms with Gasteiger partial charge in [0.2, 0.25) is 0 Å². The van der Waals surface area contributed by atoms with Gasteiger partial charge in [-0.1, -0.05) is 40.0 Å². The summed E-state index contributed by atoms with van der Waals surface area (Å²) in [5, 5.41) is 48.9. The Hall–Kier alpha value is 2.16. The Morgan fingerprint density at radius 1 is 1.07 bits per heavy atom. The molecule has 1 saturated heterocycles. The highest BCUT2D eigenvalue weighted by Crippen LogP contribution is 3.09. The number of carbonyl (C=O) groups excluding carboxylic acids is 2. The molecular weight excluding hydrogens is 778 g/mol. The lowest BCUT2D eigenvalue weighted by Gasteiger charge is -2.67. The number of fused-ring (bicyclic) bond motifs is 5. The van der Waals surface area contributed by atoms with Crippen LogP contribution in [0.4, 0.5) is 0 Å². The first kappa shape index (κ1) is 39.4. The molecule has 9 nitrogen and oxygen atoms in total. The molecule has 2 saturated carbocycles. The van der Waals surface area contributed by atoms with E-state index in [0.29, 0.717) is 19.1 Å². The van der Waals surface area contributed by atoms with Gasteiger partial charge >= 0.3 is 5.97 Å². The molecular formula is C27H44O9P10. The molecule has 0 radical (unpaired) electrons. The molecule has 5 rings (SSSR count). The maximum absolute atomic E-state index is 15.4. The van der Waals surface area contributed by atoms with Crippen LogP contribution in [0.3, 0.4) is 0 Å². The molecule has 1 aromatic rings. The Balaban J connectivity index is 1.78. The molecule has 0 spiro atoms. The van der Waals surface area contributed by atoms with Gasteiger partial charge in [-0.2, -0.15) is 0 Å². The smallest absolute Gasteiger partial charge is 0.338 e. The molecule has 1 aromatic carbocycles. The predicted molar refractivity (Wildman–Crippen MR) is 209 cm³/mol. The second-order valence-corrected chi connectivity index (χ2v) is 47.6. The molecule has 19 heteroatoms. The maximum atomic E-state index is 15.4. The standard InChI is InChI=1S/C27H44O9P10/c1-13-15(28)11-27(33)22(35-23(31)14-8-6-5-7-9-14)20-25(4,16(29)10-17-26(20,32)12-34-17)21(30)19(18(13)24(27,2)3)36-43(44(38)39)46(42-37)45(40)41/h5-9,15-17,19-20,22,28-29,32-33,42H,10-12,37-41H2,1-4H3/t15?,16?,17?,19?,20?,22?,25-,26?,27?,43?,46?/m1/s1. The minimum absolute atomic E-state index is 0.0132. The number of aliphatic hydroxyl groups excluding tert-OH is 2. The zero-order valence-corrected chi connectivity index (χ0v) is 36.3. The Labute approximate surface area is 288 Å². The van der Waals surface area contributed by atoms with E-state index < -0.39 is 98.7 Å². The van der Waals surface area contributed by atoms with Crippen molar-refractivity contribution in [3.8, 4) is 0 Å². The van der Waals surface area contributed by atoms with E-state index >= 15 is 4.79 Å². The predicted octanol–water partition coefficient (Wildman–Crippen LogP) is 6.67. The monoisotopic (exact) mass is 822 g/mol. The van der Waals surface area contributed by atoms with Crippen LogP contribution in [0, 0.1) is 16.7 Å². The van der Waals surface area contributed by atoms with Crippen molar-refractivity contribution in [2.45, 2.75) is 82.3 Å². The van der Waals surface area contributed by atoms with Crippen LogP contribution in [0.2, 0.25) is 0 Å². The van der Waals surface area contributed by atoms with Crippen molar-refractivity contribution in [3.63, 3.8) is 0 Å². The minimum atomic E-state index is -1.98. The van der Waals surface area contributed by atoms with Crippen molar-refractivity contribution in [1.82, 2.24) is 0 Å². The summed E-state index contributed by atoms with van der Waals surface area (Å²) in [5.41, 5.74) is -5.51. The molecule has 0 amide bonds. The van der Waals surface area contributed by atoms with E-state index in [9.17, 15) is 25.2 Å². The van der Waals surface area contributed by atoms with Gasteiger partial charge in [0.25, 0.3) is 0 Å². The molecule has 16 unspecified atom stereocenters. The van der Waals surface area contributed by atoms with E-state index in [2.05, 4.69) is 44.6 Å². The molecule has 0 aromatic heterocycles. The molecule has 256 valence electrons. The highest BCUT2D eigenvalue weighted by Gasteiger charge is 2.76. The molecule has 1 aliphatic heterocycles. The molecule has 3 fully saturated rings. The Kier molecular flexibility index (Phi) is 12.4. The van der Waals surface area contributed by atoms with Gasteiger partial charge in [-0.05, 0) is 51.1 Å². The van der Waals surface area contributed by atoms with E-state index in [0.717, 1.165) is 0 Å². The first-order chi connectivity index (χ1) is 21.4. The third-order valence-corrected chi connectivity index (χ3v) is 57.7. The summed E-state index contributed by atoms with van der Waals surface area (Å²) in [7, 11) is 13.7. The fourth-order valence-electron chi connectivity index (χ4n) is 7.83. The van der Waals surface area contributed by atoms with Crippen molar-refractivity contribution in [2.75, 3.05) is 6.61 Å². The molecule has 2 bridgehead atoms. The lowest BCUT2D eigenvalue weighted by atomic mass is 9.45. The number of carbonyl (C=O) groups is 2. The Bertz CT molecular complexity index is 1380. The normalized spacial score (nSPS) is 40.2. The van der Waals surface area contributed by atoms with Gasteiger partial charge in [0, 0.05) is 31.2 Å². The molecule has 4 N–H and O–H groups in total. The maximum Gasteiger partial charge on any atom is 0.338 e. The van der Waals surface area contributed by atoms with Crippen LogP contribution in [0.5, 0.6) is 0 Å². The van der Waals surface area contributed by atoms with E-state index in [4.69, 9.17) is 14.0 Å². The van der Waals surface area contributed by atoms with Crippen LogP contribution in [0.1, 0.15) is 50.9 Å². The average molecular weight is 822 g/mol. The highest BCUT2D eigenvalue weighted by molar-refractivity contribution is 9.10. The quantitative estimate of drug-likeness (QED) is 0.129. The molecule has 17 atom stereocenters. The summed E-state index contributed by atoms with van der Waals surface area (Å²) in [6.45, 7) is 4.74. The summed E-state index contributed by atoms with van der Waals surface area (Å²) in [6.07, 6.45) is -6.29. The number of hydrogen-bond acceptors (Lipinski definition) is 9. The largest absolute Gasteiger partial charge is 0.455 e. The van der Waals surface area contributed by atoms with Crippen LogP contribution in [0.25, 0.3) is 0 Å². The van der Waals surface area contributed by atoms with Gasteiger partial charge in [0.1, 0.15) is 23.4 Å². The lowest BCUT2D eigenvalue weighted by Crippen LogP contribution is -2.81. The summed E-state index contributed by atoms with van der Waals surface area (Å²) in [4.78, 5) is 29.2. The summed E-state index contributed by atoms with van der Waals surface area (Å²) in [6, 6.07) is 8.32. The zero-order chi connectivity index (χ0) is 34.1. The number of Topliss-reactive ketones (excluding diaryl/α,β-unsaturated/α-hetero) is 1. The molecule has 1 heterocycles. The van der Waals surface area contributed by atoms with E-state index in [1.165, 1.54) is 0 Å². The van der Waals surface area contributed by atoms with Gasteiger partial charge < -0.3 is 34.4 Å². The van der Waals surface area contributed by atoms with Crippen LogP contribution >= 0.6 is 81.1 Å². The third-order valence-electron chi connectivity index (χ3n) is 10.5. The van der Waals surface area contributed by atoms with Gasteiger partial charge in [-0.3, -0.25) is 4.79 Å². The lowest BCUT2D eigenvalue weighted by molar-refractivity contribution is -0.343. The van der Waals surface area contributed by atoms with E-state index in [1.54, 1.807) is 58.0 Å². The number of rotatable bonds is 8. The fraction of sp³-hybridized carbons (Fsp3) is 0.630. The van der Waals surface area contributed by atoms with Crippen LogP contribution < -0.4 is 0 Å². The Morgan fingerprint density at radius 2 is 1.70 bits per heavy atom. The van der Waals surface area contributed by atoms with Gasteiger partial charge in [0.05, 0.1) is 43.4 Å². The Morgan fingerprint density at radius 3 is 2.22 bits per heavy atom. The van der Waals surface area contributed by atoms with Crippen molar-refractivity contribution in [2.24, 2.45) is 16.7 Å². The first-order valence-electron chi connectivity index (χ1n) is 14.6. The van der Waals surface area contributed by atoms with Crippen molar-refractivity contribution < 1.29 is 44.0 Å². The van der Waals surface area contributed by atoms with Crippen LogP contribution in [-0.4, -0.2) is 80.5 Å². The van der Waals surface area contributed by atoms with Gasteiger partial charge in [-0.15, -0.1) is 44.6 Å². The zero-order valence-electron chi connectivity index (χ0n) is 26.0. The molecule has 46 heavy (non-hydrogen) atoms. The van der Waals surface area contributed by atoms with Crippen molar-refractivity contribution in [3.05, 3.63) is 47.0 Å². The molecule has 4 aliphatic rings. The van der Waals surface area contributed by atoms with E-state index in [-0.39, 0.29) is 25.0 Å². The second-order valence-electron chi connectivity index (χ2n) is 13.1. The SMILES string of the molecule is CC1=C2C(OP(P(P)P)P(PP)P(P)P)C(=O)[C@]3(C)C(O)CC4OCC4(O)C3C(OC(=O)c3ccccc3)C(O)(CC1O)C2(C)C. The average Bonchev–Trinajstić information content (AvgIpc) is 2.99. The number of benzene rings is 1. The van der Waals surface area contributed by atoms with Crippen LogP contribution in [0.15, 0.2) is 41.5 Å². The highest BCUT2D eigenvalue weighted by atomic mass is 33.1. The van der Waals surface area contributed by atoms with Crippen molar-refractivity contribution in [1.29, 1.82) is 0 Å². The minimum Gasteiger partial charge on any atom is -0.455 e. The van der Waals surface area contributed by atoms with E-state index in [1.807, 2.05) is 0 Å². The van der Waals surface area contributed by atoms with Gasteiger partial charge in [0.15, 0.2) is 5.78 Å². The first-order valence-corrected chi connectivity index (χ1v) is 32.2. The third kappa shape index (κ3) is 6.31.